The zero-order valence-corrected chi connectivity index (χ0v) is 9.85. The number of nitrogens with two attached hydrogens (primary N) is 1. The van der Waals surface area contributed by atoms with E-state index in [1.165, 1.54) is 6.20 Å². The molecule has 3 rings (SSSR count). The summed E-state index contributed by atoms with van der Waals surface area (Å²) in [5, 5.41) is 9.20. The Hall–Kier alpha value is -2.05. The second-order valence-corrected chi connectivity index (χ2v) is 4.76. The van der Waals surface area contributed by atoms with Gasteiger partial charge in [0.2, 0.25) is 5.91 Å². The van der Waals surface area contributed by atoms with Crippen molar-refractivity contribution in [1.82, 2.24) is 20.4 Å². The molecule has 2 saturated heterocycles. The Labute approximate surface area is 104 Å². The van der Waals surface area contributed by atoms with E-state index in [4.69, 9.17) is 5.73 Å². The standard InChI is InChI=1S/C11H15N5O2/c12-7-4-14-15-9(7)11(18)16-3-1-2-6-8(16)5-13-10(6)17/h4,6,8H,1-3,5,12H2,(H,13,17)(H,14,15). The molecule has 2 amide bonds. The molecule has 18 heavy (non-hydrogen) atoms. The van der Waals surface area contributed by atoms with E-state index in [0.29, 0.717) is 24.5 Å². The molecule has 2 aliphatic heterocycles. The van der Waals surface area contributed by atoms with Gasteiger partial charge in [-0.1, -0.05) is 0 Å². The number of carbonyl (C=O) groups excluding carboxylic acids is 2. The van der Waals surface area contributed by atoms with E-state index in [1.807, 2.05) is 0 Å². The molecule has 0 bridgehead atoms. The Kier molecular flexibility index (Phi) is 2.46. The van der Waals surface area contributed by atoms with Gasteiger partial charge in [0.25, 0.3) is 5.91 Å². The molecular weight excluding hydrogens is 234 g/mol. The number of rotatable bonds is 1. The van der Waals surface area contributed by atoms with E-state index in [-0.39, 0.29) is 23.8 Å². The topological polar surface area (TPSA) is 104 Å². The number of anilines is 1. The van der Waals surface area contributed by atoms with Crippen molar-refractivity contribution in [3.05, 3.63) is 11.9 Å². The van der Waals surface area contributed by atoms with Gasteiger partial charge in [-0.2, -0.15) is 5.10 Å². The lowest BCUT2D eigenvalue weighted by Gasteiger charge is -2.35. The van der Waals surface area contributed by atoms with Crippen LogP contribution in [0.3, 0.4) is 0 Å². The molecule has 7 heteroatoms. The molecule has 2 fully saturated rings. The van der Waals surface area contributed by atoms with Gasteiger partial charge in [0.1, 0.15) is 5.69 Å². The highest BCUT2D eigenvalue weighted by atomic mass is 16.2. The predicted molar refractivity (Wildman–Crippen MR) is 63.6 cm³/mol. The molecule has 2 atom stereocenters. The van der Waals surface area contributed by atoms with Crippen molar-refractivity contribution < 1.29 is 9.59 Å². The summed E-state index contributed by atoms with van der Waals surface area (Å²) in [5.41, 5.74) is 6.35. The van der Waals surface area contributed by atoms with Crippen LogP contribution in [-0.2, 0) is 4.79 Å². The highest BCUT2D eigenvalue weighted by molar-refractivity contribution is 5.98. The van der Waals surface area contributed by atoms with Crippen molar-refractivity contribution in [1.29, 1.82) is 0 Å². The maximum atomic E-state index is 12.4. The monoisotopic (exact) mass is 249 g/mol. The van der Waals surface area contributed by atoms with Crippen LogP contribution >= 0.6 is 0 Å². The summed E-state index contributed by atoms with van der Waals surface area (Å²) in [6.45, 7) is 1.19. The van der Waals surface area contributed by atoms with Gasteiger partial charge in [-0.05, 0) is 12.8 Å². The first kappa shape index (κ1) is 11.1. The summed E-state index contributed by atoms with van der Waals surface area (Å²) in [7, 11) is 0. The molecule has 0 spiro atoms. The zero-order valence-electron chi connectivity index (χ0n) is 9.85. The van der Waals surface area contributed by atoms with E-state index in [9.17, 15) is 9.59 Å². The average Bonchev–Trinajstić information content (AvgIpc) is 2.95. The van der Waals surface area contributed by atoms with Gasteiger partial charge in [-0.3, -0.25) is 14.7 Å². The number of aromatic nitrogens is 2. The first-order chi connectivity index (χ1) is 8.68. The number of amides is 2. The second kappa shape index (κ2) is 4.01. The molecule has 0 saturated carbocycles. The number of piperidine rings is 1. The minimum Gasteiger partial charge on any atom is -0.396 e. The summed E-state index contributed by atoms with van der Waals surface area (Å²) < 4.78 is 0. The third-order valence-corrected chi connectivity index (χ3v) is 3.74. The number of fused-ring (bicyclic) bond motifs is 1. The number of likely N-dealkylation sites (tertiary alicyclic amines) is 1. The van der Waals surface area contributed by atoms with Crippen molar-refractivity contribution >= 4 is 17.5 Å². The fourth-order valence-corrected chi connectivity index (χ4v) is 2.81. The first-order valence-electron chi connectivity index (χ1n) is 6.06. The molecule has 0 radical (unpaired) electrons. The van der Waals surface area contributed by atoms with Crippen molar-refractivity contribution in [2.75, 3.05) is 18.8 Å². The van der Waals surface area contributed by atoms with Crippen LogP contribution < -0.4 is 11.1 Å². The maximum absolute atomic E-state index is 12.4. The number of nitrogens with one attached hydrogen (secondary N) is 2. The third kappa shape index (κ3) is 1.54. The van der Waals surface area contributed by atoms with Crippen LogP contribution in [0.5, 0.6) is 0 Å². The number of H-pyrrole nitrogens is 1. The Balaban J connectivity index is 1.86. The Morgan fingerprint density at radius 2 is 2.39 bits per heavy atom. The maximum Gasteiger partial charge on any atom is 0.274 e. The summed E-state index contributed by atoms with van der Waals surface area (Å²) in [6, 6.07) is -0.0542. The van der Waals surface area contributed by atoms with Crippen LogP contribution in [0, 0.1) is 5.92 Å². The zero-order chi connectivity index (χ0) is 12.7. The summed E-state index contributed by atoms with van der Waals surface area (Å²) in [5.74, 6) is -0.196. The van der Waals surface area contributed by atoms with Gasteiger partial charge in [0, 0.05) is 13.1 Å². The molecule has 4 N–H and O–H groups in total. The lowest BCUT2D eigenvalue weighted by molar-refractivity contribution is -0.123. The quantitative estimate of drug-likeness (QED) is 0.614. The third-order valence-electron chi connectivity index (χ3n) is 3.74. The van der Waals surface area contributed by atoms with Crippen LogP contribution in [0.2, 0.25) is 0 Å². The molecule has 2 aliphatic rings. The van der Waals surface area contributed by atoms with E-state index in [2.05, 4.69) is 15.5 Å². The van der Waals surface area contributed by atoms with Crippen LogP contribution in [0.4, 0.5) is 5.69 Å². The second-order valence-electron chi connectivity index (χ2n) is 4.76. The minimum absolute atomic E-state index is 0.0510. The van der Waals surface area contributed by atoms with Crippen LogP contribution in [0.25, 0.3) is 0 Å². The molecule has 96 valence electrons. The van der Waals surface area contributed by atoms with Gasteiger partial charge < -0.3 is 16.0 Å². The fraction of sp³-hybridized carbons (Fsp3) is 0.545. The van der Waals surface area contributed by atoms with Gasteiger partial charge in [0.05, 0.1) is 23.8 Å². The van der Waals surface area contributed by atoms with Gasteiger partial charge >= 0.3 is 0 Å². The molecule has 2 unspecified atom stereocenters. The largest absolute Gasteiger partial charge is 0.396 e. The van der Waals surface area contributed by atoms with Crippen molar-refractivity contribution in [2.45, 2.75) is 18.9 Å². The number of aromatic amines is 1. The number of nitrogens with zero attached hydrogens (tertiary/aromatic N) is 2. The number of hydrogen-bond acceptors (Lipinski definition) is 4. The first-order valence-corrected chi connectivity index (χ1v) is 6.06. The van der Waals surface area contributed by atoms with E-state index in [1.54, 1.807) is 4.90 Å². The summed E-state index contributed by atoms with van der Waals surface area (Å²) in [4.78, 5) is 25.7. The molecule has 0 aliphatic carbocycles. The van der Waals surface area contributed by atoms with E-state index >= 15 is 0 Å². The lowest BCUT2D eigenvalue weighted by Crippen LogP contribution is -2.49. The normalized spacial score (nSPS) is 26.9. The number of hydrogen-bond donors (Lipinski definition) is 3. The van der Waals surface area contributed by atoms with Gasteiger partial charge in [-0.25, -0.2) is 0 Å². The molecule has 1 aromatic rings. The minimum atomic E-state index is -0.170. The molecule has 1 aromatic heterocycles. The van der Waals surface area contributed by atoms with Crippen LogP contribution in [-0.4, -0.2) is 46.0 Å². The highest BCUT2D eigenvalue weighted by Gasteiger charge is 2.43. The summed E-state index contributed by atoms with van der Waals surface area (Å²) >= 11 is 0. The lowest BCUT2D eigenvalue weighted by atomic mass is 9.91. The van der Waals surface area contributed by atoms with E-state index in [0.717, 1.165) is 12.8 Å². The number of nitrogen functional groups attached to an aromatic ring is 1. The smallest absolute Gasteiger partial charge is 0.274 e. The summed E-state index contributed by atoms with van der Waals surface area (Å²) in [6.07, 6.45) is 3.11. The van der Waals surface area contributed by atoms with Crippen molar-refractivity contribution in [3.63, 3.8) is 0 Å². The molecule has 7 nitrogen and oxygen atoms in total. The molecule has 3 heterocycles. The van der Waals surface area contributed by atoms with Crippen molar-refractivity contribution in [3.8, 4) is 0 Å². The van der Waals surface area contributed by atoms with Crippen LogP contribution in [0.15, 0.2) is 6.20 Å². The van der Waals surface area contributed by atoms with Gasteiger partial charge in [-0.15, -0.1) is 0 Å². The molecular formula is C11H15N5O2. The van der Waals surface area contributed by atoms with Crippen LogP contribution in [0.1, 0.15) is 23.3 Å². The SMILES string of the molecule is Nc1cn[nH]c1C(=O)N1CCCC2C(=O)NCC21. The van der Waals surface area contributed by atoms with E-state index < -0.39 is 0 Å². The number of carbonyl (C=O) groups is 2. The average molecular weight is 249 g/mol. The Morgan fingerprint density at radius 1 is 1.56 bits per heavy atom. The highest BCUT2D eigenvalue weighted by Crippen LogP contribution is 2.28. The fourth-order valence-electron chi connectivity index (χ4n) is 2.81. The van der Waals surface area contributed by atoms with Crippen molar-refractivity contribution in [2.24, 2.45) is 5.92 Å². The van der Waals surface area contributed by atoms with Gasteiger partial charge in [0.15, 0.2) is 0 Å². The molecule has 0 aromatic carbocycles. The predicted octanol–water partition coefficient (Wildman–Crippen LogP) is -0.658. The Morgan fingerprint density at radius 3 is 3.11 bits per heavy atom. The Bertz CT molecular complexity index is 497.